The third-order valence-corrected chi connectivity index (χ3v) is 6.46. The summed E-state index contributed by atoms with van der Waals surface area (Å²) < 4.78 is 0. The lowest BCUT2D eigenvalue weighted by Gasteiger charge is -2.37. The highest BCUT2D eigenvalue weighted by atomic mass is 16.3. The van der Waals surface area contributed by atoms with E-state index in [-0.39, 0.29) is 5.41 Å². The zero-order chi connectivity index (χ0) is 20.1. The maximum atomic E-state index is 10.8. The highest BCUT2D eigenvalue weighted by molar-refractivity contribution is 5.13. The normalized spacial score (nSPS) is 18.3. The van der Waals surface area contributed by atoms with Gasteiger partial charge in [0.1, 0.15) is 5.60 Å². The number of terminal acetylenes is 1. The van der Waals surface area contributed by atoms with E-state index in [2.05, 4.69) is 54.4 Å². The molecule has 0 aromatic carbocycles. The first-order chi connectivity index (χ1) is 11.0. The minimum absolute atomic E-state index is 0.277. The predicted molar refractivity (Wildman–Crippen MR) is 113 cm³/mol. The molecule has 0 aliphatic carbocycles. The molecule has 3 atom stereocenters. The Balaban J connectivity index is 4.66. The molecule has 3 unspecified atom stereocenters. The topological polar surface area (TPSA) is 20.2 Å². The number of hydrogen-bond donors (Lipinski definition) is 1. The fraction of sp³-hybridized carbons (Fsp3) is 0.917. The first kappa shape index (κ1) is 24.5. The van der Waals surface area contributed by atoms with Crippen molar-refractivity contribution in [2.24, 2.45) is 28.1 Å². The third kappa shape index (κ3) is 8.17. The van der Waals surface area contributed by atoms with Gasteiger partial charge in [-0.1, -0.05) is 88.0 Å². The summed E-state index contributed by atoms with van der Waals surface area (Å²) in [6.45, 7) is 22.5. The summed E-state index contributed by atoms with van der Waals surface area (Å²) in [5.41, 5.74) is -0.578. The Kier molecular flexibility index (Phi) is 8.77. The molecule has 0 aliphatic heterocycles. The van der Waals surface area contributed by atoms with Crippen molar-refractivity contribution in [2.45, 2.75) is 113 Å². The Hall–Kier alpha value is -0.480. The second-order valence-electron chi connectivity index (χ2n) is 11.4. The van der Waals surface area contributed by atoms with Gasteiger partial charge in [-0.15, -0.1) is 6.42 Å². The van der Waals surface area contributed by atoms with Gasteiger partial charge in [0, 0.05) is 5.41 Å². The van der Waals surface area contributed by atoms with Crippen LogP contribution in [0.3, 0.4) is 0 Å². The first-order valence-electron chi connectivity index (χ1n) is 10.2. The minimum Gasteiger partial charge on any atom is -0.377 e. The van der Waals surface area contributed by atoms with E-state index in [4.69, 9.17) is 6.42 Å². The van der Waals surface area contributed by atoms with Crippen LogP contribution < -0.4 is 0 Å². The molecule has 0 heterocycles. The fourth-order valence-corrected chi connectivity index (χ4v) is 3.38. The SMILES string of the molecule is C#CC(O)(CCCC(CCCC(C)C(C)(C)C)C(C)(C)C)C(C)(C)C. The van der Waals surface area contributed by atoms with Gasteiger partial charge in [0.25, 0.3) is 0 Å². The van der Waals surface area contributed by atoms with Crippen molar-refractivity contribution in [1.29, 1.82) is 0 Å². The maximum Gasteiger partial charge on any atom is 0.130 e. The highest BCUT2D eigenvalue weighted by Crippen LogP contribution is 2.39. The Morgan fingerprint density at radius 2 is 1.28 bits per heavy atom. The van der Waals surface area contributed by atoms with E-state index in [0.29, 0.717) is 23.2 Å². The van der Waals surface area contributed by atoms with E-state index in [1.165, 1.54) is 19.3 Å². The summed E-state index contributed by atoms with van der Waals surface area (Å²) in [5.74, 6) is 4.09. The van der Waals surface area contributed by atoms with Gasteiger partial charge >= 0.3 is 0 Å². The standard InChI is InChI=1S/C24H46O/c1-12-24(25,23(9,10)11)18-14-17-20(22(6,7)8)16-13-15-19(2)21(3,4)5/h1,19-20,25H,13-18H2,2-11H3. The average molecular weight is 351 g/mol. The summed E-state index contributed by atoms with van der Waals surface area (Å²) in [6, 6.07) is 0. The van der Waals surface area contributed by atoms with Crippen LogP contribution in [0.25, 0.3) is 0 Å². The van der Waals surface area contributed by atoms with Crippen molar-refractivity contribution in [1.82, 2.24) is 0 Å². The van der Waals surface area contributed by atoms with Crippen LogP contribution in [0.4, 0.5) is 0 Å². The Bertz CT molecular complexity index is 421. The third-order valence-electron chi connectivity index (χ3n) is 6.46. The van der Waals surface area contributed by atoms with Gasteiger partial charge < -0.3 is 5.11 Å². The van der Waals surface area contributed by atoms with Crippen LogP contribution in [0.1, 0.15) is 108 Å². The van der Waals surface area contributed by atoms with Crippen LogP contribution in [-0.4, -0.2) is 10.7 Å². The van der Waals surface area contributed by atoms with Crippen molar-refractivity contribution in [3.05, 3.63) is 0 Å². The zero-order valence-electron chi connectivity index (χ0n) is 18.9. The van der Waals surface area contributed by atoms with E-state index >= 15 is 0 Å². The van der Waals surface area contributed by atoms with E-state index in [9.17, 15) is 5.11 Å². The van der Waals surface area contributed by atoms with Crippen LogP contribution in [0, 0.1) is 40.4 Å². The van der Waals surface area contributed by atoms with Gasteiger partial charge in [0.15, 0.2) is 0 Å². The van der Waals surface area contributed by atoms with Crippen molar-refractivity contribution in [3.63, 3.8) is 0 Å². The van der Waals surface area contributed by atoms with Crippen LogP contribution in [-0.2, 0) is 0 Å². The second kappa shape index (κ2) is 8.94. The molecule has 1 N–H and O–H groups in total. The summed E-state index contributed by atoms with van der Waals surface area (Å²) in [4.78, 5) is 0. The Morgan fingerprint density at radius 1 is 0.800 bits per heavy atom. The summed E-state index contributed by atoms with van der Waals surface area (Å²) in [6.07, 6.45) is 12.3. The van der Waals surface area contributed by atoms with Crippen LogP contribution in [0.5, 0.6) is 0 Å². The van der Waals surface area contributed by atoms with Crippen LogP contribution >= 0.6 is 0 Å². The molecule has 0 bridgehead atoms. The van der Waals surface area contributed by atoms with E-state index < -0.39 is 5.60 Å². The molecule has 0 aromatic heterocycles. The molecule has 1 nitrogen and oxygen atoms in total. The van der Waals surface area contributed by atoms with Gasteiger partial charge in [-0.05, 0) is 48.3 Å². The summed E-state index contributed by atoms with van der Waals surface area (Å²) in [7, 11) is 0. The molecule has 0 radical (unpaired) electrons. The predicted octanol–water partition coefficient (Wildman–Crippen LogP) is 7.08. The quantitative estimate of drug-likeness (QED) is 0.464. The van der Waals surface area contributed by atoms with Gasteiger partial charge in [-0.2, -0.15) is 0 Å². The number of rotatable bonds is 8. The van der Waals surface area contributed by atoms with Gasteiger partial charge in [0.05, 0.1) is 0 Å². The van der Waals surface area contributed by atoms with Gasteiger partial charge in [-0.25, -0.2) is 0 Å². The molecule has 0 amide bonds. The molecule has 148 valence electrons. The molecule has 0 aromatic rings. The summed E-state index contributed by atoms with van der Waals surface area (Å²) >= 11 is 0. The lowest BCUT2D eigenvalue weighted by molar-refractivity contribution is -0.0153. The summed E-state index contributed by atoms with van der Waals surface area (Å²) in [5, 5.41) is 10.8. The van der Waals surface area contributed by atoms with E-state index in [1.807, 2.05) is 20.8 Å². The molecule has 0 saturated heterocycles. The fourth-order valence-electron chi connectivity index (χ4n) is 3.38. The van der Waals surface area contributed by atoms with Gasteiger partial charge in [-0.3, -0.25) is 0 Å². The molecule has 0 fully saturated rings. The van der Waals surface area contributed by atoms with Crippen molar-refractivity contribution in [3.8, 4) is 12.3 Å². The van der Waals surface area contributed by atoms with E-state index in [1.54, 1.807) is 0 Å². The van der Waals surface area contributed by atoms with Crippen LogP contribution in [0.15, 0.2) is 0 Å². The molecule has 1 heteroatoms. The lowest BCUT2D eigenvalue weighted by Crippen LogP contribution is -2.41. The maximum absolute atomic E-state index is 10.8. The van der Waals surface area contributed by atoms with E-state index in [0.717, 1.165) is 18.8 Å². The Labute approximate surface area is 159 Å². The van der Waals surface area contributed by atoms with Crippen molar-refractivity contribution < 1.29 is 5.11 Å². The highest BCUT2D eigenvalue weighted by Gasteiger charge is 2.38. The van der Waals surface area contributed by atoms with Crippen molar-refractivity contribution in [2.75, 3.05) is 0 Å². The Morgan fingerprint density at radius 3 is 1.64 bits per heavy atom. The molecule has 25 heavy (non-hydrogen) atoms. The first-order valence-corrected chi connectivity index (χ1v) is 10.2. The minimum atomic E-state index is -1.00. The molecule has 0 saturated carbocycles. The molecule has 0 rings (SSSR count). The largest absolute Gasteiger partial charge is 0.377 e. The zero-order valence-corrected chi connectivity index (χ0v) is 18.9. The van der Waals surface area contributed by atoms with Crippen molar-refractivity contribution >= 4 is 0 Å². The second-order valence-corrected chi connectivity index (χ2v) is 11.4. The number of aliphatic hydroxyl groups is 1. The monoisotopic (exact) mass is 350 g/mol. The average Bonchev–Trinajstić information content (AvgIpc) is 2.41. The molecule has 0 aliphatic rings. The van der Waals surface area contributed by atoms with Crippen LogP contribution in [0.2, 0.25) is 0 Å². The van der Waals surface area contributed by atoms with Gasteiger partial charge in [0.2, 0.25) is 0 Å². The number of hydrogen-bond acceptors (Lipinski definition) is 1. The molecule has 0 spiro atoms. The molecular formula is C24H46O. The smallest absolute Gasteiger partial charge is 0.130 e. The molecular weight excluding hydrogens is 304 g/mol. The lowest BCUT2D eigenvalue weighted by atomic mass is 9.71.